The SMILES string of the molecule is Cc1cc(F)cc(C)c1-c1ccoc1CNC(C)C. The summed E-state index contributed by atoms with van der Waals surface area (Å²) >= 11 is 0. The van der Waals surface area contributed by atoms with Crippen molar-refractivity contribution < 1.29 is 8.81 Å². The van der Waals surface area contributed by atoms with Gasteiger partial charge in [-0.15, -0.1) is 0 Å². The largest absolute Gasteiger partial charge is 0.467 e. The summed E-state index contributed by atoms with van der Waals surface area (Å²) in [6, 6.07) is 5.47. The van der Waals surface area contributed by atoms with Crippen molar-refractivity contribution in [1.29, 1.82) is 0 Å². The van der Waals surface area contributed by atoms with E-state index in [0.717, 1.165) is 28.0 Å². The summed E-state index contributed by atoms with van der Waals surface area (Å²) in [7, 11) is 0. The molecular weight excluding hydrogens is 241 g/mol. The average molecular weight is 261 g/mol. The van der Waals surface area contributed by atoms with Crippen molar-refractivity contribution in [2.75, 3.05) is 0 Å². The maximum atomic E-state index is 13.4. The minimum atomic E-state index is -0.191. The van der Waals surface area contributed by atoms with Crippen LogP contribution in [0.5, 0.6) is 0 Å². The fourth-order valence-corrected chi connectivity index (χ4v) is 2.33. The molecule has 0 amide bonds. The molecule has 102 valence electrons. The second kappa shape index (κ2) is 5.57. The van der Waals surface area contributed by atoms with Crippen LogP contribution in [0, 0.1) is 19.7 Å². The van der Waals surface area contributed by atoms with Crippen LogP contribution in [0.1, 0.15) is 30.7 Å². The van der Waals surface area contributed by atoms with Gasteiger partial charge in [0.1, 0.15) is 11.6 Å². The number of halogens is 1. The van der Waals surface area contributed by atoms with Crippen molar-refractivity contribution in [3.63, 3.8) is 0 Å². The Labute approximate surface area is 113 Å². The number of furan rings is 1. The highest BCUT2D eigenvalue weighted by Crippen LogP contribution is 2.31. The number of aryl methyl sites for hydroxylation is 2. The molecule has 0 atom stereocenters. The summed E-state index contributed by atoms with van der Waals surface area (Å²) in [6.07, 6.45) is 1.69. The molecule has 0 aliphatic rings. The van der Waals surface area contributed by atoms with Crippen molar-refractivity contribution in [2.24, 2.45) is 0 Å². The first-order chi connectivity index (χ1) is 8.99. The maximum Gasteiger partial charge on any atom is 0.125 e. The normalized spacial score (nSPS) is 11.3. The number of benzene rings is 1. The molecule has 1 aromatic heterocycles. The molecule has 1 N–H and O–H groups in total. The van der Waals surface area contributed by atoms with Gasteiger partial charge in [0.25, 0.3) is 0 Å². The Balaban J connectivity index is 2.40. The van der Waals surface area contributed by atoms with Crippen molar-refractivity contribution in [3.05, 3.63) is 47.2 Å². The molecule has 0 bridgehead atoms. The Morgan fingerprint density at radius 2 is 1.84 bits per heavy atom. The number of nitrogens with one attached hydrogen (secondary N) is 1. The molecule has 0 fully saturated rings. The second-order valence-corrected chi connectivity index (χ2v) is 5.21. The first-order valence-electron chi connectivity index (χ1n) is 6.56. The highest BCUT2D eigenvalue weighted by Gasteiger charge is 2.14. The van der Waals surface area contributed by atoms with Crippen molar-refractivity contribution in [3.8, 4) is 11.1 Å². The van der Waals surface area contributed by atoms with Gasteiger partial charge in [-0.3, -0.25) is 0 Å². The van der Waals surface area contributed by atoms with Gasteiger partial charge in [0, 0.05) is 11.6 Å². The van der Waals surface area contributed by atoms with E-state index in [9.17, 15) is 4.39 Å². The van der Waals surface area contributed by atoms with Crippen LogP contribution in [0.25, 0.3) is 11.1 Å². The third-order valence-corrected chi connectivity index (χ3v) is 3.18. The molecule has 0 saturated heterocycles. The molecule has 0 aliphatic carbocycles. The summed E-state index contributed by atoms with van der Waals surface area (Å²) in [5.74, 6) is 0.704. The Hall–Kier alpha value is -1.61. The lowest BCUT2D eigenvalue weighted by molar-refractivity contribution is 0.466. The van der Waals surface area contributed by atoms with Gasteiger partial charge in [-0.25, -0.2) is 4.39 Å². The second-order valence-electron chi connectivity index (χ2n) is 5.21. The van der Waals surface area contributed by atoms with Crippen LogP contribution < -0.4 is 5.32 Å². The van der Waals surface area contributed by atoms with E-state index >= 15 is 0 Å². The third kappa shape index (κ3) is 3.04. The van der Waals surface area contributed by atoms with Gasteiger partial charge in [0.2, 0.25) is 0 Å². The third-order valence-electron chi connectivity index (χ3n) is 3.18. The van der Waals surface area contributed by atoms with E-state index in [-0.39, 0.29) is 5.82 Å². The van der Waals surface area contributed by atoms with E-state index in [4.69, 9.17) is 4.42 Å². The zero-order valence-corrected chi connectivity index (χ0v) is 11.9. The Kier molecular flexibility index (Phi) is 4.05. The van der Waals surface area contributed by atoms with Gasteiger partial charge in [-0.2, -0.15) is 0 Å². The average Bonchev–Trinajstić information content (AvgIpc) is 2.73. The van der Waals surface area contributed by atoms with Gasteiger partial charge in [0.05, 0.1) is 12.8 Å². The van der Waals surface area contributed by atoms with E-state index in [1.165, 1.54) is 0 Å². The monoisotopic (exact) mass is 261 g/mol. The summed E-state index contributed by atoms with van der Waals surface area (Å²) in [5.41, 5.74) is 3.98. The lowest BCUT2D eigenvalue weighted by Gasteiger charge is -2.12. The standard InChI is InChI=1S/C16H20FNO/c1-10(2)18-9-15-14(5-6-19-15)16-11(3)7-13(17)8-12(16)4/h5-8,10,18H,9H2,1-4H3. The first-order valence-corrected chi connectivity index (χ1v) is 6.56. The van der Waals surface area contributed by atoms with E-state index in [0.29, 0.717) is 12.6 Å². The lowest BCUT2D eigenvalue weighted by Crippen LogP contribution is -2.21. The summed E-state index contributed by atoms with van der Waals surface area (Å²) in [6.45, 7) is 8.72. The molecule has 0 spiro atoms. The first kappa shape index (κ1) is 13.8. The molecule has 2 aromatic rings. The molecule has 1 heterocycles. The highest BCUT2D eigenvalue weighted by molar-refractivity contribution is 5.72. The lowest BCUT2D eigenvalue weighted by atomic mass is 9.96. The molecule has 0 radical (unpaired) electrons. The van der Waals surface area contributed by atoms with Crippen LogP contribution in [0.15, 0.2) is 28.9 Å². The van der Waals surface area contributed by atoms with Crippen LogP contribution in [-0.2, 0) is 6.54 Å². The van der Waals surface area contributed by atoms with E-state index in [1.807, 2.05) is 19.9 Å². The smallest absolute Gasteiger partial charge is 0.125 e. The summed E-state index contributed by atoms with van der Waals surface area (Å²) < 4.78 is 18.9. The van der Waals surface area contributed by atoms with Gasteiger partial charge in [-0.1, -0.05) is 13.8 Å². The maximum absolute atomic E-state index is 13.4. The zero-order chi connectivity index (χ0) is 14.0. The molecule has 3 heteroatoms. The predicted molar refractivity (Wildman–Crippen MR) is 75.6 cm³/mol. The van der Waals surface area contributed by atoms with E-state index in [2.05, 4.69) is 19.2 Å². The Morgan fingerprint density at radius 3 is 2.42 bits per heavy atom. The van der Waals surface area contributed by atoms with Crippen LogP contribution in [-0.4, -0.2) is 6.04 Å². The van der Waals surface area contributed by atoms with Gasteiger partial charge in [-0.05, 0) is 48.7 Å². The Bertz CT molecular complexity index is 549. The van der Waals surface area contributed by atoms with Gasteiger partial charge < -0.3 is 9.73 Å². The topological polar surface area (TPSA) is 25.2 Å². The molecule has 2 rings (SSSR count). The number of hydrogen-bond acceptors (Lipinski definition) is 2. The molecular formula is C16H20FNO. The molecule has 1 aromatic carbocycles. The molecule has 2 nitrogen and oxygen atoms in total. The van der Waals surface area contributed by atoms with Crippen LogP contribution in [0.2, 0.25) is 0 Å². The summed E-state index contributed by atoms with van der Waals surface area (Å²) in [4.78, 5) is 0. The quantitative estimate of drug-likeness (QED) is 0.892. The van der Waals surface area contributed by atoms with E-state index in [1.54, 1.807) is 18.4 Å². The predicted octanol–water partition coefficient (Wildman–Crippen LogP) is 4.20. The number of rotatable bonds is 4. The summed E-state index contributed by atoms with van der Waals surface area (Å²) in [5, 5.41) is 3.34. The minimum absolute atomic E-state index is 0.191. The van der Waals surface area contributed by atoms with Gasteiger partial charge >= 0.3 is 0 Å². The fraction of sp³-hybridized carbons (Fsp3) is 0.375. The van der Waals surface area contributed by atoms with Crippen LogP contribution >= 0.6 is 0 Å². The molecule has 0 saturated carbocycles. The fourth-order valence-electron chi connectivity index (χ4n) is 2.33. The Morgan fingerprint density at radius 1 is 1.21 bits per heavy atom. The minimum Gasteiger partial charge on any atom is -0.467 e. The molecule has 0 unspecified atom stereocenters. The zero-order valence-electron chi connectivity index (χ0n) is 11.9. The highest BCUT2D eigenvalue weighted by atomic mass is 19.1. The van der Waals surface area contributed by atoms with Crippen molar-refractivity contribution in [1.82, 2.24) is 5.32 Å². The van der Waals surface area contributed by atoms with E-state index < -0.39 is 0 Å². The number of hydrogen-bond donors (Lipinski definition) is 1. The van der Waals surface area contributed by atoms with Gasteiger partial charge in [0.15, 0.2) is 0 Å². The molecule has 0 aliphatic heterocycles. The van der Waals surface area contributed by atoms with Crippen LogP contribution in [0.3, 0.4) is 0 Å². The van der Waals surface area contributed by atoms with Crippen molar-refractivity contribution >= 4 is 0 Å². The van der Waals surface area contributed by atoms with Crippen molar-refractivity contribution in [2.45, 2.75) is 40.3 Å². The molecule has 19 heavy (non-hydrogen) atoms. The van der Waals surface area contributed by atoms with Crippen LogP contribution in [0.4, 0.5) is 4.39 Å².